The molecule has 0 unspecified atom stereocenters. The van der Waals surface area contributed by atoms with E-state index in [1.165, 1.54) is 6.08 Å². The van der Waals surface area contributed by atoms with E-state index in [1.54, 1.807) is 13.0 Å². The number of aliphatic carboxylic acids is 1. The predicted molar refractivity (Wildman–Crippen MR) is 57.2 cm³/mol. The minimum atomic E-state index is -1.06. The summed E-state index contributed by atoms with van der Waals surface area (Å²) in [4.78, 5) is 21.3. The van der Waals surface area contributed by atoms with Crippen molar-refractivity contribution in [1.82, 2.24) is 0 Å². The molecule has 5 nitrogen and oxygen atoms in total. The van der Waals surface area contributed by atoms with Crippen LogP contribution in [0, 0.1) is 0 Å². The number of carboxylic acid groups (broad SMARTS) is 1. The molecule has 0 atom stereocenters. The van der Waals surface area contributed by atoms with Crippen molar-refractivity contribution >= 4 is 11.9 Å². The zero-order chi connectivity index (χ0) is 12.6. The van der Waals surface area contributed by atoms with Gasteiger partial charge in [-0.3, -0.25) is 0 Å². The third kappa shape index (κ3) is 7.99. The molecular formula is C11H19NO4. The van der Waals surface area contributed by atoms with Gasteiger partial charge in [0.15, 0.2) is 0 Å². The molecule has 0 saturated carbocycles. The van der Waals surface area contributed by atoms with Crippen molar-refractivity contribution in [2.75, 3.05) is 33.8 Å². The largest absolute Gasteiger partial charge is 0.550 e. The zero-order valence-electron chi connectivity index (χ0n) is 10.1. The molecule has 0 bridgehead atoms. The first-order valence-corrected chi connectivity index (χ1v) is 5.18. The van der Waals surface area contributed by atoms with Gasteiger partial charge >= 0.3 is 5.97 Å². The quantitative estimate of drug-likeness (QED) is 0.330. The molecule has 0 spiro atoms. The second-order valence-electron chi connectivity index (χ2n) is 4.17. The van der Waals surface area contributed by atoms with E-state index < -0.39 is 5.97 Å². The van der Waals surface area contributed by atoms with E-state index >= 15 is 0 Å². The Labute approximate surface area is 95.9 Å². The first kappa shape index (κ1) is 14.6. The zero-order valence-corrected chi connectivity index (χ0v) is 10.1. The number of carboxylic acids is 1. The summed E-state index contributed by atoms with van der Waals surface area (Å²) >= 11 is 0. The fraction of sp³-hybridized carbons (Fsp3) is 0.636. The van der Waals surface area contributed by atoms with Crippen LogP contribution in [-0.2, 0) is 14.3 Å². The third-order valence-corrected chi connectivity index (χ3v) is 2.16. The van der Waals surface area contributed by atoms with Crippen LogP contribution >= 0.6 is 0 Å². The third-order valence-electron chi connectivity index (χ3n) is 2.16. The lowest BCUT2D eigenvalue weighted by molar-refractivity contribution is -0.890. The maximum atomic E-state index is 11.0. The van der Waals surface area contributed by atoms with Crippen LogP contribution in [0.15, 0.2) is 12.2 Å². The SMILES string of the molecule is CC=CC(=O)OCC[N+](C)(C)CCC(=O)[O-]. The van der Waals surface area contributed by atoms with Gasteiger partial charge < -0.3 is 19.1 Å². The molecule has 0 rings (SSSR count). The van der Waals surface area contributed by atoms with Crippen LogP contribution in [0.5, 0.6) is 0 Å². The van der Waals surface area contributed by atoms with Gasteiger partial charge in [-0.05, 0) is 6.92 Å². The molecular weight excluding hydrogens is 210 g/mol. The summed E-state index contributed by atoms with van der Waals surface area (Å²) in [6, 6.07) is 0. The van der Waals surface area contributed by atoms with E-state index in [1.807, 2.05) is 14.1 Å². The van der Waals surface area contributed by atoms with Gasteiger partial charge in [-0.15, -0.1) is 0 Å². The van der Waals surface area contributed by atoms with E-state index in [9.17, 15) is 14.7 Å². The van der Waals surface area contributed by atoms with Gasteiger partial charge in [0.05, 0.1) is 20.6 Å². The van der Waals surface area contributed by atoms with Crippen molar-refractivity contribution in [2.45, 2.75) is 13.3 Å². The standard InChI is InChI=1S/C11H19NO4/c1-4-5-11(15)16-9-8-12(2,3)7-6-10(13)14/h4-5H,6-9H2,1-3H3. The monoisotopic (exact) mass is 229 g/mol. The number of ether oxygens (including phenoxy) is 1. The number of quaternary nitrogens is 1. The average Bonchev–Trinajstić information content (AvgIpc) is 2.15. The van der Waals surface area contributed by atoms with Crippen molar-refractivity contribution in [3.8, 4) is 0 Å². The summed E-state index contributed by atoms with van der Waals surface area (Å²) in [5.41, 5.74) is 0. The summed E-state index contributed by atoms with van der Waals surface area (Å²) in [6.07, 6.45) is 2.97. The molecule has 0 saturated heterocycles. The Hall–Kier alpha value is -1.36. The molecule has 0 aliphatic heterocycles. The first-order valence-electron chi connectivity index (χ1n) is 5.18. The Bertz CT molecular complexity index is 271. The molecule has 92 valence electrons. The van der Waals surface area contributed by atoms with Gasteiger partial charge in [0, 0.05) is 18.5 Å². The molecule has 0 heterocycles. The predicted octanol–water partition coefficient (Wildman–Crippen LogP) is -0.678. The second kappa shape index (κ2) is 7.00. The van der Waals surface area contributed by atoms with Crippen LogP contribution in [0.2, 0.25) is 0 Å². The Kier molecular flexibility index (Phi) is 6.41. The highest BCUT2D eigenvalue weighted by Crippen LogP contribution is 1.99. The molecule has 0 radical (unpaired) electrons. The van der Waals surface area contributed by atoms with Crippen molar-refractivity contribution in [1.29, 1.82) is 0 Å². The van der Waals surface area contributed by atoms with Gasteiger partial charge in [0.1, 0.15) is 13.2 Å². The molecule has 0 amide bonds. The number of nitrogens with zero attached hydrogens (tertiary/aromatic N) is 1. The molecule has 16 heavy (non-hydrogen) atoms. The lowest BCUT2D eigenvalue weighted by Gasteiger charge is -2.29. The Morgan fingerprint density at radius 3 is 2.44 bits per heavy atom. The fourth-order valence-electron chi connectivity index (χ4n) is 1.08. The molecule has 0 aromatic rings. The van der Waals surface area contributed by atoms with Crippen molar-refractivity contribution in [3.05, 3.63) is 12.2 Å². The van der Waals surface area contributed by atoms with E-state index in [2.05, 4.69) is 0 Å². The Morgan fingerprint density at radius 2 is 1.94 bits per heavy atom. The maximum absolute atomic E-state index is 11.0. The van der Waals surface area contributed by atoms with Gasteiger partial charge in [-0.1, -0.05) is 6.08 Å². The number of rotatable bonds is 7. The lowest BCUT2D eigenvalue weighted by atomic mass is 10.3. The topological polar surface area (TPSA) is 66.4 Å². The molecule has 5 heteroatoms. The number of carbonyl (C=O) groups is 2. The van der Waals surface area contributed by atoms with Crippen molar-refractivity contribution in [3.63, 3.8) is 0 Å². The highest BCUT2D eigenvalue weighted by molar-refractivity contribution is 5.81. The van der Waals surface area contributed by atoms with Gasteiger partial charge in [-0.25, -0.2) is 4.79 Å². The van der Waals surface area contributed by atoms with Crippen LogP contribution in [0.25, 0.3) is 0 Å². The summed E-state index contributed by atoms with van der Waals surface area (Å²) in [5, 5.41) is 10.3. The average molecular weight is 229 g/mol. The number of hydrogen-bond acceptors (Lipinski definition) is 4. The van der Waals surface area contributed by atoms with Crippen molar-refractivity contribution in [2.24, 2.45) is 0 Å². The number of carbonyl (C=O) groups excluding carboxylic acids is 2. The van der Waals surface area contributed by atoms with Crippen LogP contribution in [0.1, 0.15) is 13.3 Å². The van der Waals surface area contributed by atoms with Crippen molar-refractivity contribution < 1.29 is 23.9 Å². The summed E-state index contributed by atoms with van der Waals surface area (Å²) in [7, 11) is 3.76. The Balaban J connectivity index is 3.81. The minimum Gasteiger partial charge on any atom is -0.550 e. The highest BCUT2D eigenvalue weighted by atomic mass is 16.5. The minimum absolute atomic E-state index is 0.00973. The molecule has 0 N–H and O–H groups in total. The normalized spacial score (nSPS) is 11.7. The first-order chi connectivity index (χ1) is 7.37. The van der Waals surface area contributed by atoms with E-state index in [0.29, 0.717) is 17.6 Å². The van der Waals surface area contributed by atoms with Crippen LogP contribution in [0.3, 0.4) is 0 Å². The Morgan fingerprint density at radius 1 is 1.31 bits per heavy atom. The number of hydrogen-bond donors (Lipinski definition) is 0. The molecule has 0 aromatic carbocycles. The summed E-state index contributed by atoms with van der Waals surface area (Å²) in [5.74, 6) is -1.43. The highest BCUT2D eigenvalue weighted by Gasteiger charge is 2.15. The second-order valence-corrected chi connectivity index (χ2v) is 4.17. The lowest BCUT2D eigenvalue weighted by Crippen LogP contribution is -2.45. The number of esters is 1. The molecule has 0 fully saturated rings. The van der Waals surface area contributed by atoms with Crippen LogP contribution in [0.4, 0.5) is 0 Å². The van der Waals surface area contributed by atoms with E-state index in [4.69, 9.17) is 4.74 Å². The van der Waals surface area contributed by atoms with Gasteiger partial charge in [-0.2, -0.15) is 0 Å². The smallest absolute Gasteiger partial charge is 0.330 e. The van der Waals surface area contributed by atoms with Crippen LogP contribution < -0.4 is 5.11 Å². The molecule has 0 aliphatic carbocycles. The maximum Gasteiger partial charge on any atom is 0.330 e. The fourth-order valence-corrected chi connectivity index (χ4v) is 1.08. The van der Waals surface area contributed by atoms with E-state index in [-0.39, 0.29) is 19.0 Å². The number of likely N-dealkylation sites (N-methyl/N-ethyl adjacent to an activating group) is 1. The van der Waals surface area contributed by atoms with Crippen LogP contribution in [-0.4, -0.2) is 50.2 Å². The summed E-state index contributed by atoms with van der Waals surface area (Å²) < 4.78 is 5.40. The number of allylic oxidation sites excluding steroid dienone is 1. The summed E-state index contributed by atoms with van der Waals surface area (Å²) in [6.45, 7) is 3.06. The van der Waals surface area contributed by atoms with Gasteiger partial charge in [0.2, 0.25) is 0 Å². The molecule has 0 aromatic heterocycles. The van der Waals surface area contributed by atoms with E-state index in [0.717, 1.165) is 0 Å². The molecule has 0 aliphatic rings. The van der Waals surface area contributed by atoms with Gasteiger partial charge in [0.25, 0.3) is 0 Å².